The smallest absolute Gasteiger partial charge is 0.237 e. The molecular formula is C24H27N5O3S. The summed E-state index contributed by atoms with van der Waals surface area (Å²) in [6.45, 7) is 5.85. The maximum Gasteiger partial charge on any atom is 0.237 e. The highest BCUT2D eigenvalue weighted by Gasteiger charge is 2.32. The van der Waals surface area contributed by atoms with Crippen molar-refractivity contribution in [2.24, 2.45) is 0 Å². The summed E-state index contributed by atoms with van der Waals surface area (Å²) in [6.07, 6.45) is 2.14. The van der Waals surface area contributed by atoms with Crippen LogP contribution in [-0.4, -0.2) is 38.4 Å². The zero-order valence-electron chi connectivity index (χ0n) is 18.9. The number of anilines is 2. The molecule has 1 aliphatic rings. The Bertz CT molecular complexity index is 1140. The molecular weight excluding hydrogens is 438 g/mol. The van der Waals surface area contributed by atoms with Gasteiger partial charge in [-0.15, -0.1) is 10.2 Å². The second-order valence-electron chi connectivity index (χ2n) is 7.89. The Hall–Kier alpha value is -3.33. The highest BCUT2D eigenvalue weighted by atomic mass is 32.2. The van der Waals surface area contributed by atoms with Gasteiger partial charge in [0.2, 0.25) is 11.8 Å². The Morgan fingerprint density at radius 3 is 2.55 bits per heavy atom. The van der Waals surface area contributed by atoms with Crippen LogP contribution in [0.15, 0.2) is 53.7 Å². The molecule has 1 unspecified atom stereocenters. The van der Waals surface area contributed by atoms with Crippen molar-refractivity contribution in [1.82, 2.24) is 14.8 Å². The highest BCUT2D eigenvalue weighted by Crippen LogP contribution is 2.41. The average Bonchev–Trinajstić information content (AvgIpc) is 3.55. The van der Waals surface area contributed by atoms with Crippen LogP contribution in [0.4, 0.5) is 11.4 Å². The van der Waals surface area contributed by atoms with Gasteiger partial charge in [-0.3, -0.25) is 14.2 Å². The Balaban J connectivity index is 1.52. The lowest BCUT2D eigenvalue weighted by atomic mass is 10.2. The number of nitrogens with zero attached hydrogens (tertiary/aromatic N) is 3. The van der Waals surface area contributed by atoms with Gasteiger partial charge in [0.1, 0.15) is 11.6 Å². The first-order valence-electron chi connectivity index (χ1n) is 11.0. The molecule has 0 radical (unpaired) electrons. The molecule has 1 aromatic heterocycles. The predicted molar refractivity (Wildman–Crippen MR) is 129 cm³/mol. The van der Waals surface area contributed by atoms with E-state index in [0.29, 0.717) is 29.1 Å². The van der Waals surface area contributed by atoms with Crippen LogP contribution in [0.2, 0.25) is 0 Å². The van der Waals surface area contributed by atoms with E-state index in [1.54, 1.807) is 0 Å². The molecule has 0 aliphatic heterocycles. The molecule has 2 amide bonds. The van der Waals surface area contributed by atoms with Gasteiger partial charge >= 0.3 is 0 Å². The fraction of sp³-hybridized carbons (Fsp3) is 0.333. The molecule has 4 rings (SSSR count). The summed E-state index contributed by atoms with van der Waals surface area (Å²) in [4.78, 5) is 24.3. The topological polar surface area (TPSA) is 98.1 Å². The van der Waals surface area contributed by atoms with Crippen molar-refractivity contribution in [1.29, 1.82) is 0 Å². The van der Waals surface area contributed by atoms with E-state index in [-0.39, 0.29) is 11.8 Å². The Kier molecular flexibility index (Phi) is 6.98. The molecule has 0 spiro atoms. The van der Waals surface area contributed by atoms with Crippen LogP contribution in [0.25, 0.3) is 5.69 Å². The number of benzene rings is 2. The molecule has 2 aromatic carbocycles. The van der Waals surface area contributed by atoms with E-state index in [1.165, 1.54) is 18.7 Å². The molecule has 8 nitrogen and oxygen atoms in total. The summed E-state index contributed by atoms with van der Waals surface area (Å²) in [5.74, 6) is 1.76. The van der Waals surface area contributed by atoms with Crippen LogP contribution in [-0.2, 0) is 9.59 Å². The van der Waals surface area contributed by atoms with E-state index in [4.69, 9.17) is 4.74 Å². The third-order valence-corrected chi connectivity index (χ3v) is 6.15. The number of rotatable bonds is 9. The fourth-order valence-electron chi connectivity index (χ4n) is 3.39. The van der Waals surface area contributed by atoms with E-state index in [2.05, 4.69) is 20.8 Å². The summed E-state index contributed by atoms with van der Waals surface area (Å²) in [6, 6.07) is 14.9. The van der Waals surface area contributed by atoms with Crippen molar-refractivity contribution >= 4 is 35.0 Å². The van der Waals surface area contributed by atoms with Crippen LogP contribution in [0.3, 0.4) is 0 Å². The first kappa shape index (κ1) is 22.8. The molecule has 1 atom stereocenters. The third-order valence-electron chi connectivity index (χ3n) is 5.11. The minimum absolute atomic E-state index is 0.126. The highest BCUT2D eigenvalue weighted by molar-refractivity contribution is 8.00. The summed E-state index contributed by atoms with van der Waals surface area (Å²) in [7, 11) is 0. The molecule has 33 heavy (non-hydrogen) atoms. The molecule has 1 heterocycles. The Morgan fingerprint density at radius 2 is 1.88 bits per heavy atom. The first-order valence-corrected chi connectivity index (χ1v) is 11.9. The summed E-state index contributed by atoms with van der Waals surface area (Å²) in [5.41, 5.74) is 2.27. The van der Waals surface area contributed by atoms with Gasteiger partial charge in [0.05, 0.1) is 17.5 Å². The van der Waals surface area contributed by atoms with Crippen LogP contribution >= 0.6 is 11.8 Å². The van der Waals surface area contributed by atoms with Crippen LogP contribution in [0, 0.1) is 0 Å². The second-order valence-corrected chi connectivity index (χ2v) is 9.20. The van der Waals surface area contributed by atoms with E-state index >= 15 is 0 Å². The SMILES string of the molecule is CCOc1ccc(NC(=O)C(C)Sc2nnc(C3CC3)n2-c2cccc(NC(C)=O)c2)cc1. The zero-order valence-corrected chi connectivity index (χ0v) is 19.7. The standard InChI is InChI=1S/C24H27N5O3S/c1-4-32-21-12-10-18(11-13-21)26-23(31)15(2)33-24-28-27-22(17-8-9-17)29(24)20-7-5-6-19(14-20)25-16(3)30/h5-7,10-15,17H,4,8-9H2,1-3H3,(H,25,30)(H,26,31). The lowest BCUT2D eigenvalue weighted by molar-refractivity contribution is -0.115. The molecule has 1 aliphatic carbocycles. The summed E-state index contributed by atoms with van der Waals surface area (Å²) in [5, 5.41) is 14.8. The van der Waals surface area contributed by atoms with Crippen molar-refractivity contribution in [3.05, 3.63) is 54.4 Å². The largest absolute Gasteiger partial charge is 0.494 e. The molecule has 3 aromatic rings. The van der Waals surface area contributed by atoms with Crippen molar-refractivity contribution < 1.29 is 14.3 Å². The molecule has 1 fully saturated rings. The van der Waals surface area contributed by atoms with E-state index in [9.17, 15) is 9.59 Å². The molecule has 2 N–H and O–H groups in total. The lowest BCUT2D eigenvalue weighted by Gasteiger charge is -2.15. The quantitative estimate of drug-likeness (QED) is 0.448. The minimum Gasteiger partial charge on any atom is -0.494 e. The summed E-state index contributed by atoms with van der Waals surface area (Å²) < 4.78 is 7.44. The molecule has 9 heteroatoms. The van der Waals surface area contributed by atoms with Gasteiger partial charge in [-0.1, -0.05) is 17.8 Å². The Labute approximate surface area is 197 Å². The minimum atomic E-state index is -0.398. The van der Waals surface area contributed by atoms with Gasteiger partial charge in [0, 0.05) is 24.2 Å². The van der Waals surface area contributed by atoms with Gasteiger partial charge in [0.15, 0.2) is 5.16 Å². The van der Waals surface area contributed by atoms with Gasteiger partial charge in [0.25, 0.3) is 0 Å². The van der Waals surface area contributed by atoms with Gasteiger partial charge < -0.3 is 15.4 Å². The number of hydrogen-bond donors (Lipinski definition) is 2. The number of amides is 2. The number of hydrogen-bond acceptors (Lipinski definition) is 6. The number of thioether (sulfide) groups is 1. The molecule has 1 saturated carbocycles. The van der Waals surface area contributed by atoms with Gasteiger partial charge in [-0.25, -0.2) is 0 Å². The normalized spacial score (nSPS) is 13.9. The van der Waals surface area contributed by atoms with Gasteiger partial charge in [-0.2, -0.15) is 0 Å². The number of carbonyl (C=O) groups excluding carboxylic acids is 2. The van der Waals surface area contributed by atoms with Crippen LogP contribution in [0.5, 0.6) is 5.75 Å². The van der Waals surface area contributed by atoms with Gasteiger partial charge in [-0.05, 0) is 69.2 Å². The fourth-order valence-corrected chi connectivity index (χ4v) is 4.26. The van der Waals surface area contributed by atoms with Crippen molar-refractivity contribution in [2.75, 3.05) is 17.2 Å². The number of ether oxygens (including phenoxy) is 1. The number of nitrogens with one attached hydrogen (secondary N) is 2. The molecule has 0 bridgehead atoms. The zero-order chi connectivity index (χ0) is 23.4. The van der Waals surface area contributed by atoms with E-state index in [1.807, 2.05) is 66.9 Å². The van der Waals surface area contributed by atoms with Crippen LogP contribution < -0.4 is 15.4 Å². The first-order chi connectivity index (χ1) is 15.9. The predicted octanol–water partition coefficient (Wildman–Crippen LogP) is 4.62. The van der Waals surface area contributed by atoms with E-state index in [0.717, 1.165) is 30.1 Å². The van der Waals surface area contributed by atoms with Crippen molar-refractivity contribution in [2.45, 2.75) is 49.9 Å². The average molecular weight is 466 g/mol. The third kappa shape index (κ3) is 5.73. The van der Waals surface area contributed by atoms with Crippen LogP contribution in [0.1, 0.15) is 45.4 Å². The monoisotopic (exact) mass is 465 g/mol. The number of carbonyl (C=O) groups is 2. The maximum atomic E-state index is 12.8. The lowest BCUT2D eigenvalue weighted by Crippen LogP contribution is -2.23. The Morgan fingerprint density at radius 1 is 1.12 bits per heavy atom. The summed E-state index contributed by atoms with van der Waals surface area (Å²) >= 11 is 1.35. The molecule has 172 valence electrons. The maximum absolute atomic E-state index is 12.8. The van der Waals surface area contributed by atoms with E-state index < -0.39 is 5.25 Å². The second kappa shape index (κ2) is 10.1. The number of aromatic nitrogens is 3. The molecule has 0 saturated heterocycles. The van der Waals surface area contributed by atoms with Crippen molar-refractivity contribution in [3.8, 4) is 11.4 Å². The van der Waals surface area contributed by atoms with Crippen molar-refractivity contribution in [3.63, 3.8) is 0 Å².